The van der Waals surface area contributed by atoms with Crippen LogP contribution in [0.15, 0.2) is 52.3 Å². The maximum absolute atomic E-state index is 12.6. The quantitative estimate of drug-likeness (QED) is 0.555. The Morgan fingerprint density at radius 2 is 1.84 bits per heavy atom. The molecule has 2 aromatic carbocycles. The highest BCUT2D eigenvalue weighted by Gasteiger charge is 2.17. The number of nitrogens with two attached hydrogens (primary N) is 1. The molecule has 0 unspecified atom stereocenters. The van der Waals surface area contributed by atoms with Crippen LogP contribution in [0.2, 0.25) is 0 Å². The van der Waals surface area contributed by atoms with Crippen LogP contribution in [0.1, 0.15) is 15.9 Å². The van der Waals surface area contributed by atoms with E-state index >= 15 is 0 Å². The fourth-order valence-electron chi connectivity index (χ4n) is 2.02. The Hall–Kier alpha value is -1.65. The molecular weight excluding hydrogens is 322 g/mol. The van der Waals surface area contributed by atoms with Crippen molar-refractivity contribution in [3.8, 4) is 0 Å². The lowest BCUT2D eigenvalue weighted by Crippen LogP contribution is -2.03. The topological polar surface area (TPSA) is 43.1 Å². The summed E-state index contributed by atoms with van der Waals surface area (Å²) in [7, 11) is 0. The predicted octanol–water partition coefficient (Wildman–Crippen LogP) is 4.48. The molecule has 3 rings (SSSR count). The van der Waals surface area contributed by atoms with Crippen molar-refractivity contribution in [2.24, 2.45) is 0 Å². The van der Waals surface area contributed by atoms with Crippen LogP contribution in [-0.4, -0.2) is 5.78 Å². The number of halogens is 1. The summed E-state index contributed by atoms with van der Waals surface area (Å²) in [6, 6.07) is 13.3. The van der Waals surface area contributed by atoms with Crippen LogP contribution in [0.25, 0.3) is 10.1 Å². The zero-order valence-corrected chi connectivity index (χ0v) is 12.3. The molecule has 0 atom stereocenters. The smallest absolute Gasteiger partial charge is 0.195 e. The second-order valence-electron chi connectivity index (χ2n) is 4.18. The summed E-state index contributed by atoms with van der Waals surface area (Å²) in [5, 5.41) is 2.90. The Kier molecular flexibility index (Phi) is 3.12. The van der Waals surface area contributed by atoms with Gasteiger partial charge in [0.1, 0.15) is 0 Å². The van der Waals surface area contributed by atoms with Gasteiger partial charge >= 0.3 is 0 Å². The third kappa shape index (κ3) is 2.07. The van der Waals surface area contributed by atoms with E-state index in [1.165, 1.54) is 0 Å². The van der Waals surface area contributed by atoms with Crippen LogP contribution in [0, 0.1) is 0 Å². The molecule has 94 valence electrons. The minimum Gasteiger partial charge on any atom is -0.398 e. The summed E-state index contributed by atoms with van der Waals surface area (Å²) in [5.41, 5.74) is 7.73. The standard InChI is InChI=1S/C15H10BrNOS/c16-14-10(5-3-6-12(14)17)15(18)11-8-19-13-7-2-1-4-9(11)13/h1-8H,17H2. The Balaban J connectivity index is 2.17. The lowest BCUT2D eigenvalue weighted by molar-refractivity contribution is 0.104. The van der Waals surface area contributed by atoms with Crippen molar-refractivity contribution >= 4 is 48.8 Å². The number of fused-ring (bicyclic) bond motifs is 1. The van der Waals surface area contributed by atoms with Gasteiger partial charge in [-0.25, -0.2) is 0 Å². The summed E-state index contributed by atoms with van der Waals surface area (Å²) in [5.74, 6) is -0.00312. The third-order valence-corrected chi connectivity index (χ3v) is 4.85. The molecule has 1 heterocycles. The molecule has 0 aliphatic carbocycles. The second kappa shape index (κ2) is 4.79. The zero-order chi connectivity index (χ0) is 13.4. The van der Waals surface area contributed by atoms with Gasteiger partial charge in [-0.2, -0.15) is 0 Å². The summed E-state index contributed by atoms with van der Waals surface area (Å²) < 4.78 is 1.78. The highest BCUT2D eigenvalue weighted by Crippen LogP contribution is 2.31. The second-order valence-corrected chi connectivity index (χ2v) is 5.89. The van der Waals surface area contributed by atoms with Gasteiger partial charge in [-0.3, -0.25) is 4.79 Å². The van der Waals surface area contributed by atoms with Crippen molar-refractivity contribution in [2.75, 3.05) is 5.73 Å². The molecule has 0 saturated heterocycles. The highest BCUT2D eigenvalue weighted by molar-refractivity contribution is 9.10. The van der Waals surface area contributed by atoms with Gasteiger partial charge in [0.25, 0.3) is 0 Å². The van der Waals surface area contributed by atoms with Gasteiger partial charge in [0.05, 0.1) is 4.47 Å². The molecule has 1 aromatic heterocycles. The maximum atomic E-state index is 12.6. The molecule has 2 N–H and O–H groups in total. The number of anilines is 1. The van der Waals surface area contributed by atoms with Gasteiger partial charge < -0.3 is 5.73 Å². The number of benzene rings is 2. The van der Waals surface area contributed by atoms with Crippen molar-refractivity contribution < 1.29 is 4.79 Å². The van der Waals surface area contributed by atoms with Crippen molar-refractivity contribution in [3.05, 3.63) is 63.4 Å². The summed E-state index contributed by atoms with van der Waals surface area (Å²) >= 11 is 4.97. The fourth-order valence-corrected chi connectivity index (χ4v) is 3.41. The zero-order valence-electron chi connectivity index (χ0n) is 9.89. The first-order valence-corrected chi connectivity index (χ1v) is 7.40. The lowest BCUT2D eigenvalue weighted by atomic mass is 10.0. The summed E-state index contributed by atoms with van der Waals surface area (Å²) in [6.45, 7) is 0. The highest BCUT2D eigenvalue weighted by atomic mass is 79.9. The molecule has 0 bridgehead atoms. The number of rotatable bonds is 2. The van der Waals surface area contributed by atoms with Crippen LogP contribution in [-0.2, 0) is 0 Å². The Labute approximate surface area is 123 Å². The minimum atomic E-state index is -0.00312. The third-order valence-electron chi connectivity index (χ3n) is 3.00. The Morgan fingerprint density at radius 1 is 1.05 bits per heavy atom. The molecular formula is C15H10BrNOS. The maximum Gasteiger partial charge on any atom is 0.195 e. The molecule has 2 nitrogen and oxygen atoms in total. The van der Waals surface area contributed by atoms with E-state index in [0.29, 0.717) is 15.7 Å². The van der Waals surface area contributed by atoms with E-state index in [2.05, 4.69) is 15.9 Å². The monoisotopic (exact) mass is 331 g/mol. The predicted molar refractivity (Wildman–Crippen MR) is 83.8 cm³/mol. The fraction of sp³-hybridized carbons (Fsp3) is 0. The van der Waals surface area contributed by atoms with E-state index in [1.807, 2.05) is 29.6 Å². The van der Waals surface area contributed by atoms with Crippen molar-refractivity contribution in [1.29, 1.82) is 0 Å². The van der Waals surface area contributed by atoms with Gasteiger partial charge in [0.2, 0.25) is 0 Å². The first kappa shape index (κ1) is 12.4. The van der Waals surface area contributed by atoms with Crippen molar-refractivity contribution in [3.63, 3.8) is 0 Å². The van der Waals surface area contributed by atoms with Crippen LogP contribution in [0.5, 0.6) is 0 Å². The van der Waals surface area contributed by atoms with Gasteiger partial charge in [-0.05, 0) is 34.1 Å². The molecule has 3 aromatic rings. The number of nitrogen functional groups attached to an aromatic ring is 1. The number of carbonyl (C=O) groups excluding carboxylic acids is 1. The molecule has 4 heteroatoms. The minimum absolute atomic E-state index is 0.00312. The van der Waals surface area contributed by atoms with E-state index in [1.54, 1.807) is 29.5 Å². The van der Waals surface area contributed by atoms with Gasteiger partial charge in [0, 0.05) is 32.3 Å². The largest absolute Gasteiger partial charge is 0.398 e. The average molecular weight is 332 g/mol. The van der Waals surface area contributed by atoms with E-state index in [9.17, 15) is 4.79 Å². The number of hydrogen-bond acceptors (Lipinski definition) is 3. The molecule has 0 aliphatic rings. The van der Waals surface area contributed by atoms with Crippen LogP contribution in [0.3, 0.4) is 0 Å². The first-order valence-electron chi connectivity index (χ1n) is 5.73. The molecule has 0 radical (unpaired) electrons. The lowest BCUT2D eigenvalue weighted by Gasteiger charge is -2.05. The van der Waals surface area contributed by atoms with Gasteiger partial charge in [-0.15, -0.1) is 11.3 Å². The molecule has 0 aliphatic heterocycles. The van der Waals surface area contributed by atoms with Crippen molar-refractivity contribution in [1.82, 2.24) is 0 Å². The molecule has 0 spiro atoms. The molecule has 19 heavy (non-hydrogen) atoms. The van der Waals surface area contributed by atoms with Crippen LogP contribution >= 0.6 is 27.3 Å². The van der Waals surface area contributed by atoms with Gasteiger partial charge in [-0.1, -0.05) is 24.3 Å². The Morgan fingerprint density at radius 3 is 2.68 bits per heavy atom. The van der Waals surface area contributed by atoms with Crippen molar-refractivity contribution in [2.45, 2.75) is 0 Å². The van der Waals surface area contributed by atoms with Crippen LogP contribution in [0.4, 0.5) is 5.69 Å². The van der Waals surface area contributed by atoms with E-state index < -0.39 is 0 Å². The molecule has 0 saturated carbocycles. The van der Waals surface area contributed by atoms with E-state index in [4.69, 9.17) is 5.73 Å². The van der Waals surface area contributed by atoms with Crippen LogP contribution < -0.4 is 5.73 Å². The SMILES string of the molecule is Nc1cccc(C(=O)c2csc3ccccc23)c1Br. The normalized spacial score (nSPS) is 10.8. The number of thiophene rings is 1. The average Bonchev–Trinajstić information content (AvgIpc) is 2.85. The number of hydrogen-bond donors (Lipinski definition) is 1. The molecule has 0 amide bonds. The number of carbonyl (C=O) groups is 1. The summed E-state index contributed by atoms with van der Waals surface area (Å²) in [4.78, 5) is 12.6. The Bertz CT molecular complexity index is 779. The number of ketones is 1. The first-order chi connectivity index (χ1) is 9.18. The molecule has 0 fully saturated rings. The summed E-state index contributed by atoms with van der Waals surface area (Å²) in [6.07, 6.45) is 0. The van der Waals surface area contributed by atoms with E-state index in [0.717, 1.165) is 15.6 Å². The van der Waals surface area contributed by atoms with E-state index in [-0.39, 0.29) is 5.78 Å². The van der Waals surface area contributed by atoms with Gasteiger partial charge in [0.15, 0.2) is 5.78 Å².